The Morgan fingerprint density at radius 3 is 2.45 bits per heavy atom. The minimum Gasteiger partial charge on any atom is -0.462 e. The lowest BCUT2D eigenvalue weighted by Gasteiger charge is -2.01. The van der Waals surface area contributed by atoms with Gasteiger partial charge in [0, 0.05) is 0 Å². The molecule has 0 radical (unpaired) electrons. The SMILES string of the molecule is NC(C#CO)c1ccccc1. The lowest BCUT2D eigenvalue weighted by atomic mass is 10.1. The number of hydrogen-bond donors (Lipinski definition) is 2. The molecule has 0 aromatic heterocycles. The summed E-state index contributed by atoms with van der Waals surface area (Å²) in [6, 6.07) is 9.02. The Bertz CT molecular complexity index is 271. The number of benzene rings is 1. The van der Waals surface area contributed by atoms with Crippen molar-refractivity contribution in [2.45, 2.75) is 6.04 Å². The van der Waals surface area contributed by atoms with Crippen LogP contribution in [0.5, 0.6) is 0 Å². The van der Waals surface area contributed by atoms with E-state index in [9.17, 15) is 0 Å². The van der Waals surface area contributed by atoms with Crippen LogP contribution in [0.2, 0.25) is 0 Å². The summed E-state index contributed by atoms with van der Waals surface area (Å²) in [6.07, 6.45) is 1.79. The second kappa shape index (κ2) is 3.65. The average Bonchev–Trinajstić information content (AvgIpc) is 2.07. The van der Waals surface area contributed by atoms with Gasteiger partial charge in [0.15, 0.2) is 0 Å². The van der Waals surface area contributed by atoms with Crippen LogP contribution in [0.4, 0.5) is 0 Å². The maximum absolute atomic E-state index is 8.26. The van der Waals surface area contributed by atoms with Gasteiger partial charge in [0.1, 0.15) is 6.11 Å². The van der Waals surface area contributed by atoms with Crippen LogP contribution in [0.1, 0.15) is 11.6 Å². The normalized spacial score (nSPS) is 11.4. The van der Waals surface area contributed by atoms with Gasteiger partial charge >= 0.3 is 0 Å². The molecular formula is C9H9NO. The van der Waals surface area contributed by atoms with Crippen LogP contribution < -0.4 is 5.73 Å². The van der Waals surface area contributed by atoms with Gasteiger partial charge < -0.3 is 10.8 Å². The summed E-state index contributed by atoms with van der Waals surface area (Å²) >= 11 is 0. The van der Waals surface area contributed by atoms with E-state index in [4.69, 9.17) is 10.8 Å². The summed E-state index contributed by atoms with van der Waals surface area (Å²) < 4.78 is 0. The van der Waals surface area contributed by atoms with Crippen LogP contribution in [-0.4, -0.2) is 5.11 Å². The molecule has 2 nitrogen and oxygen atoms in total. The first-order valence-corrected chi connectivity index (χ1v) is 3.29. The van der Waals surface area contributed by atoms with Crippen LogP contribution in [0.25, 0.3) is 0 Å². The Hall–Kier alpha value is -1.46. The van der Waals surface area contributed by atoms with Crippen LogP contribution in [0.3, 0.4) is 0 Å². The van der Waals surface area contributed by atoms with Gasteiger partial charge in [-0.25, -0.2) is 0 Å². The second-order valence-electron chi connectivity index (χ2n) is 2.14. The fourth-order valence-corrected chi connectivity index (χ4v) is 0.813. The highest BCUT2D eigenvalue weighted by atomic mass is 16.2. The van der Waals surface area contributed by atoms with Crippen molar-refractivity contribution in [1.82, 2.24) is 0 Å². The molecule has 0 spiro atoms. The van der Waals surface area contributed by atoms with E-state index in [1.807, 2.05) is 30.3 Å². The Morgan fingerprint density at radius 1 is 1.27 bits per heavy atom. The van der Waals surface area contributed by atoms with Crippen LogP contribution in [-0.2, 0) is 0 Å². The number of nitrogens with two attached hydrogens (primary N) is 1. The largest absolute Gasteiger partial charge is 0.462 e. The summed E-state index contributed by atoms with van der Waals surface area (Å²) in [6.45, 7) is 0. The monoisotopic (exact) mass is 147 g/mol. The van der Waals surface area contributed by atoms with E-state index in [0.29, 0.717) is 0 Å². The smallest absolute Gasteiger partial charge is 0.109 e. The number of hydrogen-bond acceptors (Lipinski definition) is 2. The Labute approximate surface area is 65.7 Å². The lowest BCUT2D eigenvalue weighted by molar-refractivity contribution is 0.515. The molecular weight excluding hydrogens is 138 g/mol. The molecule has 3 N–H and O–H groups in total. The molecule has 0 heterocycles. The van der Waals surface area contributed by atoms with Crippen LogP contribution in [0.15, 0.2) is 30.3 Å². The molecule has 0 amide bonds. The number of aliphatic hydroxyl groups is 1. The molecule has 0 bridgehead atoms. The van der Waals surface area contributed by atoms with E-state index in [1.54, 1.807) is 6.11 Å². The molecule has 0 aliphatic rings. The molecule has 0 saturated carbocycles. The molecule has 0 saturated heterocycles. The summed E-state index contributed by atoms with van der Waals surface area (Å²) in [5.74, 6) is 2.45. The number of aliphatic hydroxyl groups excluding tert-OH is 1. The molecule has 1 aromatic carbocycles. The van der Waals surface area contributed by atoms with Crippen molar-refractivity contribution in [3.05, 3.63) is 35.9 Å². The molecule has 0 aliphatic heterocycles. The van der Waals surface area contributed by atoms with Gasteiger partial charge in [0.05, 0.1) is 6.04 Å². The van der Waals surface area contributed by atoms with Crippen molar-refractivity contribution in [2.24, 2.45) is 5.73 Å². The zero-order chi connectivity index (χ0) is 8.10. The standard InChI is InChI=1S/C9H9NO/c10-9(6-7-11)8-4-2-1-3-5-8/h1-5,9,11H,10H2. The lowest BCUT2D eigenvalue weighted by Crippen LogP contribution is -2.06. The summed E-state index contributed by atoms with van der Waals surface area (Å²) in [5.41, 5.74) is 6.48. The third-order valence-corrected chi connectivity index (χ3v) is 1.38. The van der Waals surface area contributed by atoms with Crippen molar-refractivity contribution in [1.29, 1.82) is 0 Å². The molecule has 1 aromatic rings. The Morgan fingerprint density at radius 2 is 1.91 bits per heavy atom. The topological polar surface area (TPSA) is 46.2 Å². The first-order valence-electron chi connectivity index (χ1n) is 3.29. The van der Waals surface area contributed by atoms with Gasteiger partial charge in [0.2, 0.25) is 0 Å². The fraction of sp³-hybridized carbons (Fsp3) is 0.111. The molecule has 11 heavy (non-hydrogen) atoms. The van der Waals surface area contributed by atoms with E-state index < -0.39 is 0 Å². The Balaban J connectivity index is 2.82. The molecule has 1 unspecified atom stereocenters. The third-order valence-electron chi connectivity index (χ3n) is 1.38. The zero-order valence-electron chi connectivity index (χ0n) is 5.99. The van der Waals surface area contributed by atoms with Gasteiger partial charge in [-0.2, -0.15) is 0 Å². The van der Waals surface area contributed by atoms with Gasteiger partial charge in [-0.3, -0.25) is 0 Å². The minimum atomic E-state index is -0.388. The van der Waals surface area contributed by atoms with Crippen molar-refractivity contribution in [3.63, 3.8) is 0 Å². The predicted octanol–water partition coefficient (Wildman–Crippen LogP) is 1.02. The molecule has 1 rings (SSSR count). The number of rotatable bonds is 1. The van der Waals surface area contributed by atoms with Crippen LogP contribution in [0, 0.1) is 12.0 Å². The molecule has 0 aliphatic carbocycles. The minimum absolute atomic E-state index is 0.388. The fourth-order valence-electron chi connectivity index (χ4n) is 0.813. The first-order chi connectivity index (χ1) is 5.34. The molecule has 1 atom stereocenters. The molecule has 56 valence electrons. The highest BCUT2D eigenvalue weighted by Crippen LogP contribution is 2.06. The van der Waals surface area contributed by atoms with Gasteiger partial charge in [-0.15, -0.1) is 0 Å². The predicted molar refractivity (Wildman–Crippen MR) is 43.1 cm³/mol. The maximum Gasteiger partial charge on any atom is 0.109 e. The second-order valence-corrected chi connectivity index (χ2v) is 2.14. The molecule has 0 fully saturated rings. The van der Waals surface area contributed by atoms with E-state index in [0.717, 1.165) is 5.56 Å². The summed E-state index contributed by atoms with van der Waals surface area (Å²) in [5, 5.41) is 8.26. The van der Waals surface area contributed by atoms with E-state index >= 15 is 0 Å². The molecule has 2 heteroatoms. The highest BCUT2D eigenvalue weighted by Gasteiger charge is 1.98. The maximum atomic E-state index is 8.26. The highest BCUT2D eigenvalue weighted by molar-refractivity contribution is 5.25. The van der Waals surface area contributed by atoms with Crippen LogP contribution >= 0.6 is 0 Å². The summed E-state index contributed by atoms with van der Waals surface area (Å²) in [4.78, 5) is 0. The van der Waals surface area contributed by atoms with Crippen molar-refractivity contribution in [2.75, 3.05) is 0 Å². The Kier molecular flexibility index (Phi) is 2.53. The quantitative estimate of drug-likeness (QED) is 0.582. The first kappa shape index (κ1) is 7.64. The summed E-state index contributed by atoms with van der Waals surface area (Å²) in [7, 11) is 0. The van der Waals surface area contributed by atoms with Gasteiger partial charge in [-0.1, -0.05) is 30.3 Å². The van der Waals surface area contributed by atoms with E-state index in [1.165, 1.54) is 0 Å². The third kappa shape index (κ3) is 1.99. The van der Waals surface area contributed by atoms with E-state index in [2.05, 4.69) is 5.92 Å². The van der Waals surface area contributed by atoms with Gasteiger partial charge in [0.25, 0.3) is 0 Å². The average molecular weight is 147 g/mol. The zero-order valence-corrected chi connectivity index (χ0v) is 5.99. The van der Waals surface area contributed by atoms with Gasteiger partial charge in [-0.05, 0) is 11.5 Å². The van der Waals surface area contributed by atoms with Crippen molar-refractivity contribution >= 4 is 0 Å². The van der Waals surface area contributed by atoms with E-state index in [-0.39, 0.29) is 6.04 Å². The van der Waals surface area contributed by atoms with Crippen molar-refractivity contribution in [3.8, 4) is 12.0 Å². The van der Waals surface area contributed by atoms with Crippen molar-refractivity contribution < 1.29 is 5.11 Å².